The number of nitrogens with zero attached hydrogens (tertiary/aromatic N) is 2. The Morgan fingerprint density at radius 3 is 2.76 bits per heavy atom. The summed E-state index contributed by atoms with van der Waals surface area (Å²) in [5, 5.41) is 0. The Morgan fingerprint density at radius 1 is 1.16 bits per heavy atom. The molecule has 2 aliphatic heterocycles. The molecule has 2 aliphatic rings. The molecule has 1 aromatic heterocycles. The Morgan fingerprint density at radius 2 is 1.96 bits per heavy atom. The van der Waals surface area contributed by atoms with E-state index in [1.807, 2.05) is 42.7 Å². The number of carbonyl (C=O) groups is 1. The van der Waals surface area contributed by atoms with Gasteiger partial charge in [0.15, 0.2) is 0 Å². The van der Waals surface area contributed by atoms with Crippen LogP contribution < -0.4 is 10.9 Å². The fraction of sp³-hybridized carbons (Fsp3) is 0.400. The first-order valence-corrected chi connectivity index (χ1v) is 9.04. The quantitative estimate of drug-likeness (QED) is 0.895. The zero-order valence-corrected chi connectivity index (χ0v) is 14.3. The maximum atomic E-state index is 12.9. The molecule has 25 heavy (non-hydrogen) atoms. The summed E-state index contributed by atoms with van der Waals surface area (Å²) < 4.78 is 0. The molecule has 130 valence electrons. The van der Waals surface area contributed by atoms with Gasteiger partial charge in [-0.05, 0) is 36.1 Å². The largest absolute Gasteiger partial charge is 0.338 e. The first-order valence-electron chi connectivity index (χ1n) is 9.04. The minimum atomic E-state index is 0.232. The van der Waals surface area contributed by atoms with Gasteiger partial charge in [0.25, 0.3) is 0 Å². The molecule has 1 amide bonds. The van der Waals surface area contributed by atoms with E-state index in [9.17, 15) is 4.79 Å². The molecule has 0 spiro atoms. The minimum Gasteiger partial charge on any atom is -0.338 e. The molecule has 5 heteroatoms. The molecule has 0 aliphatic carbocycles. The van der Waals surface area contributed by atoms with E-state index in [2.05, 4.69) is 32.9 Å². The fourth-order valence-electron chi connectivity index (χ4n) is 4.16. The van der Waals surface area contributed by atoms with Gasteiger partial charge in [0.2, 0.25) is 5.91 Å². The van der Waals surface area contributed by atoms with Crippen molar-refractivity contribution in [2.75, 3.05) is 13.1 Å². The average molecular weight is 336 g/mol. The lowest BCUT2D eigenvalue weighted by atomic mass is 9.88. The van der Waals surface area contributed by atoms with Gasteiger partial charge in [0.1, 0.15) is 0 Å². The molecule has 3 unspecified atom stereocenters. The predicted octanol–water partition coefficient (Wildman–Crippen LogP) is 1.88. The van der Waals surface area contributed by atoms with Crippen LogP contribution >= 0.6 is 0 Å². The van der Waals surface area contributed by atoms with Gasteiger partial charge in [0, 0.05) is 43.5 Å². The number of aromatic nitrogens is 1. The molecule has 2 N–H and O–H groups in total. The first-order chi connectivity index (χ1) is 12.3. The second-order valence-corrected chi connectivity index (χ2v) is 6.90. The molecule has 4 rings (SSSR count). The summed E-state index contributed by atoms with van der Waals surface area (Å²) in [4.78, 5) is 19.1. The number of benzene rings is 1. The fourth-order valence-corrected chi connectivity index (χ4v) is 4.16. The van der Waals surface area contributed by atoms with Crippen LogP contribution in [0.3, 0.4) is 0 Å². The van der Waals surface area contributed by atoms with Gasteiger partial charge in [-0.25, -0.2) is 0 Å². The van der Waals surface area contributed by atoms with E-state index in [0.717, 1.165) is 31.5 Å². The van der Waals surface area contributed by atoms with Crippen LogP contribution in [0.5, 0.6) is 0 Å². The van der Waals surface area contributed by atoms with E-state index < -0.39 is 0 Å². The normalized spacial score (nSPS) is 26.1. The van der Waals surface area contributed by atoms with Crippen molar-refractivity contribution in [3.8, 4) is 0 Å². The summed E-state index contributed by atoms with van der Waals surface area (Å²) in [5.41, 5.74) is 9.09. The molecule has 3 atom stereocenters. The summed E-state index contributed by atoms with van der Waals surface area (Å²) in [5.74, 6) is 0.592. The number of hydrogen-bond acceptors (Lipinski definition) is 4. The molecule has 2 aromatic rings. The monoisotopic (exact) mass is 336 g/mol. The van der Waals surface area contributed by atoms with E-state index in [4.69, 9.17) is 0 Å². The zero-order valence-electron chi connectivity index (χ0n) is 14.3. The zero-order chi connectivity index (χ0) is 17.1. The number of likely N-dealkylation sites (tertiary alicyclic amines) is 1. The first kappa shape index (κ1) is 16.2. The summed E-state index contributed by atoms with van der Waals surface area (Å²) in [6, 6.07) is 14.7. The Hall–Kier alpha value is -2.24. The van der Waals surface area contributed by atoms with Crippen LogP contribution in [0.2, 0.25) is 0 Å². The summed E-state index contributed by atoms with van der Waals surface area (Å²) in [6.07, 6.45) is 6.31. The topological polar surface area (TPSA) is 57.3 Å². The smallest absolute Gasteiger partial charge is 0.227 e. The van der Waals surface area contributed by atoms with Crippen LogP contribution in [0, 0.1) is 0 Å². The second-order valence-electron chi connectivity index (χ2n) is 6.90. The number of rotatable bonds is 4. The van der Waals surface area contributed by atoms with Gasteiger partial charge in [0.05, 0.1) is 6.42 Å². The molecule has 2 saturated heterocycles. The number of hydrazine groups is 1. The van der Waals surface area contributed by atoms with Crippen LogP contribution in [0.4, 0.5) is 0 Å². The Bertz CT molecular complexity index is 706. The van der Waals surface area contributed by atoms with Gasteiger partial charge in [-0.2, -0.15) is 0 Å². The predicted molar refractivity (Wildman–Crippen MR) is 96.8 cm³/mol. The van der Waals surface area contributed by atoms with Crippen LogP contribution in [0.25, 0.3) is 0 Å². The molecular formula is C20H24N4O. The molecule has 0 radical (unpaired) electrons. The molecular weight excluding hydrogens is 312 g/mol. The summed E-state index contributed by atoms with van der Waals surface area (Å²) >= 11 is 0. The number of amides is 1. The van der Waals surface area contributed by atoms with Crippen molar-refractivity contribution < 1.29 is 4.79 Å². The third-order valence-electron chi connectivity index (χ3n) is 5.39. The molecule has 2 fully saturated rings. The Balaban J connectivity index is 1.50. The summed E-state index contributed by atoms with van der Waals surface area (Å²) in [7, 11) is 0. The lowest BCUT2D eigenvalue weighted by molar-refractivity contribution is -0.131. The van der Waals surface area contributed by atoms with Crippen molar-refractivity contribution in [3.05, 3.63) is 66.0 Å². The third kappa shape index (κ3) is 3.43. The summed E-state index contributed by atoms with van der Waals surface area (Å²) in [6.45, 7) is 1.74. The van der Waals surface area contributed by atoms with Crippen LogP contribution in [-0.2, 0) is 11.2 Å². The van der Waals surface area contributed by atoms with Crippen molar-refractivity contribution in [2.24, 2.45) is 0 Å². The van der Waals surface area contributed by atoms with E-state index in [-0.39, 0.29) is 18.0 Å². The number of carbonyl (C=O) groups excluding carboxylic acids is 1. The number of pyridine rings is 1. The molecule has 5 nitrogen and oxygen atoms in total. The SMILES string of the molecule is O=C(Cc1ccccc1)N1CCCC1C1NNCC1c1ccncc1. The lowest BCUT2D eigenvalue weighted by Gasteiger charge is -2.32. The average Bonchev–Trinajstić information content (AvgIpc) is 3.32. The van der Waals surface area contributed by atoms with Crippen molar-refractivity contribution in [3.63, 3.8) is 0 Å². The van der Waals surface area contributed by atoms with Gasteiger partial charge >= 0.3 is 0 Å². The van der Waals surface area contributed by atoms with Crippen LogP contribution in [-0.4, -0.2) is 41.0 Å². The van der Waals surface area contributed by atoms with E-state index >= 15 is 0 Å². The van der Waals surface area contributed by atoms with E-state index in [1.165, 1.54) is 5.56 Å². The van der Waals surface area contributed by atoms with Gasteiger partial charge < -0.3 is 4.90 Å². The number of nitrogens with one attached hydrogen (secondary N) is 2. The highest BCUT2D eigenvalue weighted by Crippen LogP contribution is 2.31. The highest BCUT2D eigenvalue weighted by Gasteiger charge is 2.41. The lowest BCUT2D eigenvalue weighted by Crippen LogP contribution is -2.50. The van der Waals surface area contributed by atoms with E-state index in [0.29, 0.717) is 12.3 Å². The molecule has 1 aromatic carbocycles. The van der Waals surface area contributed by atoms with Gasteiger partial charge in [-0.3, -0.25) is 20.6 Å². The van der Waals surface area contributed by atoms with Gasteiger partial charge in [-0.1, -0.05) is 30.3 Å². The Kier molecular flexibility index (Phi) is 4.76. The maximum Gasteiger partial charge on any atom is 0.227 e. The van der Waals surface area contributed by atoms with Crippen LogP contribution in [0.1, 0.15) is 29.9 Å². The molecule has 3 heterocycles. The van der Waals surface area contributed by atoms with Crippen molar-refractivity contribution in [2.45, 2.75) is 37.3 Å². The van der Waals surface area contributed by atoms with Gasteiger partial charge in [-0.15, -0.1) is 0 Å². The molecule has 0 saturated carbocycles. The minimum absolute atomic E-state index is 0.232. The van der Waals surface area contributed by atoms with Crippen molar-refractivity contribution in [1.82, 2.24) is 20.7 Å². The highest BCUT2D eigenvalue weighted by atomic mass is 16.2. The van der Waals surface area contributed by atoms with Crippen molar-refractivity contribution >= 4 is 5.91 Å². The van der Waals surface area contributed by atoms with E-state index in [1.54, 1.807) is 0 Å². The Labute approximate surface area is 148 Å². The second kappa shape index (κ2) is 7.33. The van der Waals surface area contributed by atoms with Crippen molar-refractivity contribution in [1.29, 1.82) is 0 Å². The highest BCUT2D eigenvalue weighted by molar-refractivity contribution is 5.79. The maximum absolute atomic E-state index is 12.9. The van der Waals surface area contributed by atoms with Crippen LogP contribution in [0.15, 0.2) is 54.9 Å². The third-order valence-corrected chi connectivity index (χ3v) is 5.39. The molecule has 0 bridgehead atoms. The standard InChI is InChI=1S/C20H24N4O/c25-19(13-15-5-2-1-3-6-15)24-12-4-7-18(24)20-17(14-22-23-20)16-8-10-21-11-9-16/h1-3,5-6,8-11,17-18,20,22-23H,4,7,12-14H2. The number of hydrogen-bond donors (Lipinski definition) is 2.